The summed E-state index contributed by atoms with van der Waals surface area (Å²) in [5.74, 6) is -0.203. The summed E-state index contributed by atoms with van der Waals surface area (Å²) in [4.78, 5) is 29.5. The van der Waals surface area contributed by atoms with Crippen LogP contribution in [0.15, 0.2) is 23.6 Å². The molecule has 0 spiro atoms. The lowest BCUT2D eigenvalue weighted by Gasteiger charge is -2.21. The molecule has 2 rings (SSSR count). The van der Waals surface area contributed by atoms with Crippen LogP contribution in [0.25, 0.3) is 0 Å². The number of hydrogen-bond donors (Lipinski definition) is 1. The lowest BCUT2D eigenvalue weighted by atomic mass is 10.1. The highest BCUT2D eigenvalue weighted by molar-refractivity contribution is 7.09. The van der Waals surface area contributed by atoms with Crippen molar-refractivity contribution in [3.63, 3.8) is 0 Å². The number of carbonyl (C=O) groups is 2. The molecule has 1 aromatic heterocycles. The van der Waals surface area contributed by atoms with Crippen LogP contribution in [-0.4, -0.2) is 47.6 Å². The molecule has 1 heterocycles. The van der Waals surface area contributed by atoms with Crippen LogP contribution in [-0.2, 0) is 29.0 Å². The molecule has 0 bridgehead atoms. The van der Waals surface area contributed by atoms with Crippen molar-refractivity contribution in [1.29, 1.82) is 0 Å². The Balaban J connectivity index is 2.18. The first-order valence-corrected chi connectivity index (χ1v) is 8.97. The molecule has 0 saturated carbocycles. The minimum absolute atomic E-state index is 0.0743. The number of thiazole rings is 1. The fourth-order valence-electron chi connectivity index (χ4n) is 2.43. The summed E-state index contributed by atoms with van der Waals surface area (Å²) in [6.45, 7) is 1.75. The number of benzene rings is 1. The van der Waals surface area contributed by atoms with Crippen LogP contribution < -0.4 is 9.47 Å². The highest BCUT2D eigenvalue weighted by atomic mass is 32.1. The van der Waals surface area contributed by atoms with Crippen LogP contribution in [0.1, 0.15) is 23.2 Å². The first kappa shape index (κ1) is 19.7. The van der Waals surface area contributed by atoms with Gasteiger partial charge in [0.15, 0.2) is 0 Å². The average Bonchev–Trinajstić information content (AvgIpc) is 3.07. The SMILES string of the molecule is CCc1nc(CC(=O)N(CC(=O)O)Cc2cc(OC)cc(OC)c2)cs1. The van der Waals surface area contributed by atoms with Gasteiger partial charge in [-0.1, -0.05) is 6.92 Å². The fraction of sp³-hybridized carbons (Fsp3) is 0.389. The molecular formula is C18H22N2O5S. The van der Waals surface area contributed by atoms with Gasteiger partial charge in [-0.2, -0.15) is 0 Å². The van der Waals surface area contributed by atoms with Crippen LogP contribution in [0.5, 0.6) is 11.5 Å². The first-order chi connectivity index (χ1) is 12.4. The van der Waals surface area contributed by atoms with Crippen molar-refractivity contribution in [1.82, 2.24) is 9.88 Å². The second kappa shape index (κ2) is 9.19. The van der Waals surface area contributed by atoms with Crippen molar-refractivity contribution in [2.24, 2.45) is 0 Å². The molecule has 0 atom stereocenters. The van der Waals surface area contributed by atoms with Crippen molar-refractivity contribution in [2.75, 3.05) is 20.8 Å². The topological polar surface area (TPSA) is 89.0 Å². The quantitative estimate of drug-likeness (QED) is 0.721. The van der Waals surface area contributed by atoms with Crippen molar-refractivity contribution >= 4 is 23.2 Å². The van der Waals surface area contributed by atoms with E-state index in [1.165, 1.54) is 30.5 Å². The maximum atomic E-state index is 12.6. The van der Waals surface area contributed by atoms with Crippen molar-refractivity contribution in [3.05, 3.63) is 39.8 Å². The summed E-state index contributed by atoms with van der Waals surface area (Å²) in [6, 6.07) is 5.22. The number of rotatable bonds is 9. The van der Waals surface area contributed by atoms with E-state index in [-0.39, 0.29) is 25.4 Å². The Kier molecular flexibility index (Phi) is 6.97. The number of ether oxygens (including phenoxy) is 2. The molecular weight excluding hydrogens is 356 g/mol. The monoisotopic (exact) mass is 378 g/mol. The molecule has 0 unspecified atom stereocenters. The van der Waals surface area contributed by atoms with E-state index >= 15 is 0 Å². The normalized spacial score (nSPS) is 10.4. The minimum Gasteiger partial charge on any atom is -0.497 e. The van der Waals surface area contributed by atoms with Gasteiger partial charge in [0.2, 0.25) is 5.91 Å². The number of aromatic nitrogens is 1. The Bertz CT molecular complexity index is 752. The second-order valence-electron chi connectivity index (χ2n) is 5.63. The fourth-order valence-corrected chi connectivity index (χ4v) is 3.18. The number of amides is 1. The lowest BCUT2D eigenvalue weighted by Crippen LogP contribution is -2.36. The van der Waals surface area contributed by atoms with E-state index in [2.05, 4.69) is 4.98 Å². The molecule has 8 heteroatoms. The van der Waals surface area contributed by atoms with E-state index in [0.717, 1.165) is 17.0 Å². The van der Waals surface area contributed by atoms with Gasteiger partial charge in [-0.3, -0.25) is 9.59 Å². The van der Waals surface area contributed by atoms with Gasteiger partial charge < -0.3 is 19.5 Å². The van der Waals surface area contributed by atoms with Gasteiger partial charge >= 0.3 is 5.97 Å². The number of methoxy groups -OCH3 is 2. The number of carboxylic acids is 1. The van der Waals surface area contributed by atoms with Gasteiger partial charge in [0, 0.05) is 18.0 Å². The predicted molar refractivity (Wildman–Crippen MR) is 97.8 cm³/mol. The maximum Gasteiger partial charge on any atom is 0.323 e. The van der Waals surface area contributed by atoms with Crippen molar-refractivity contribution in [3.8, 4) is 11.5 Å². The average molecular weight is 378 g/mol. The van der Waals surface area contributed by atoms with E-state index < -0.39 is 5.97 Å². The van der Waals surface area contributed by atoms with Crippen LogP contribution in [0.2, 0.25) is 0 Å². The number of carbonyl (C=O) groups excluding carboxylic acids is 1. The highest BCUT2D eigenvalue weighted by Gasteiger charge is 2.19. The summed E-state index contributed by atoms with van der Waals surface area (Å²) in [5.41, 5.74) is 1.39. The van der Waals surface area contributed by atoms with Crippen molar-refractivity contribution in [2.45, 2.75) is 26.3 Å². The smallest absolute Gasteiger partial charge is 0.323 e. The van der Waals surface area contributed by atoms with Gasteiger partial charge in [0.1, 0.15) is 18.0 Å². The molecule has 0 fully saturated rings. The highest BCUT2D eigenvalue weighted by Crippen LogP contribution is 2.23. The van der Waals surface area contributed by atoms with Gasteiger partial charge in [-0.15, -0.1) is 11.3 Å². The Labute approximate surface area is 156 Å². The van der Waals surface area contributed by atoms with E-state index in [1.54, 1.807) is 18.2 Å². The summed E-state index contributed by atoms with van der Waals surface area (Å²) in [6.07, 6.45) is 0.881. The molecule has 1 amide bonds. The van der Waals surface area contributed by atoms with Crippen LogP contribution >= 0.6 is 11.3 Å². The number of aryl methyl sites for hydroxylation is 1. The third kappa shape index (κ3) is 5.45. The van der Waals surface area contributed by atoms with Gasteiger partial charge in [0.25, 0.3) is 0 Å². The lowest BCUT2D eigenvalue weighted by molar-refractivity contribution is -0.144. The van der Waals surface area contributed by atoms with E-state index in [4.69, 9.17) is 14.6 Å². The standard InChI is InChI=1S/C18H22N2O5S/c1-4-16-19-13(11-26-16)7-17(21)20(10-18(22)23)9-12-5-14(24-2)8-15(6-12)25-3/h5-6,8,11H,4,7,9-10H2,1-3H3,(H,22,23). The number of nitrogens with zero attached hydrogens (tertiary/aromatic N) is 2. The predicted octanol–water partition coefficient (Wildman–Crippen LogP) is 2.38. The summed E-state index contributed by atoms with van der Waals surface area (Å²) < 4.78 is 10.4. The van der Waals surface area contributed by atoms with Gasteiger partial charge in [-0.25, -0.2) is 4.98 Å². The maximum absolute atomic E-state index is 12.6. The Morgan fingerprint density at radius 3 is 2.35 bits per heavy atom. The van der Waals surface area contributed by atoms with Gasteiger partial charge in [0.05, 0.1) is 31.3 Å². The van der Waals surface area contributed by atoms with E-state index in [0.29, 0.717) is 17.2 Å². The second-order valence-corrected chi connectivity index (χ2v) is 6.57. The van der Waals surface area contributed by atoms with E-state index in [9.17, 15) is 9.59 Å². The molecule has 1 N–H and O–H groups in total. The van der Waals surface area contributed by atoms with Crippen LogP contribution in [0.3, 0.4) is 0 Å². The molecule has 0 aliphatic carbocycles. The third-order valence-electron chi connectivity index (χ3n) is 3.70. The molecule has 26 heavy (non-hydrogen) atoms. The first-order valence-electron chi connectivity index (χ1n) is 8.10. The molecule has 0 aliphatic heterocycles. The summed E-state index contributed by atoms with van der Waals surface area (Å²) >= 11 is 1.50. The Hall–Kier alpha value is -2.61. The van der Waals surface area contributed by atoms with Crippen molar-refractivity contribution < 1.29 is 24.2 Å². The van der Waals surface area contributed by atoms with Gasteiger partial charge in [-0.05, 0) is 24.1 Å². The minimum atomic E-state index is -1.07. The molecule has 7 nitrogen and oxygen atoms in total. The zero-order valence-electron chi connectivity index (χ0n) is 15.0. The molecule has 2 aromatic rings. The van der Waals surface area contributed by atoms with E-state index in [1.807, 2.05) is 12.3 Å². The molecule has 0 aliphatic rings. The zero-order valence-corrected chi connectivity index (χ0v) is 15.8. The summed E-state index contributed by atoms with van der Waals surface area (Å²) in [7, 11) is 3.07. The third-order valence-corrected chi connectivity index (χ3v) is 4.74. The molecule has 140 valence electrons. The number of carboxylic acid groups (broad SMARTS) is 1. The Morgan fingerprint density at radius 1 is 1.19 bits per heavy atom. The molecule has 0 saturated heterocycles. The van der Waals surface area contributed by atoms with Crippen LogP contribution in [0, 0.1) is 0 Å². The number of aliphatic carboxylic acids is 1. The summed E-state index contributed by atoms with van der Waals surface area (Å²) in [5, 5.41) is 12.0. The number of hydrogen-bond acceptors (Lipinski definition) is 6. The zero-order chi connectivity index (χ0) is 19.1. The molecule has 1 aromatic carbocycles. The molecule has 0 radical (unpaired) electrons. The largest absolute Gasteiger partial charge is 0.497 e. The van der Waals surface area contributed by atoms with Crippen LogP contribution in [0.4, 0.5) is 0 Å². The Morgan fingerprint density at radius 2 is 1.85 bits per heavy atom.